The number of anilines is 2. The van der Waals surface area contributed by atoms with Crippen LogP contribution in [0.25, 0.3) is 11.0 Å². The van der Waals surface area contributed by atoms with Crippen LogP contribution in [0.3, 0.4) is 0 Å². The first kappa shape index (κ1) is 18.9. The number of nitrogens with zero attached hydrogens (tertiary/aromatic N) is 6. The first-order valence-electron chi connectivity index (χ1n) is 9.05. The van der Waals surface area contributed by atoms with Gasteiger partial charge in [0.25, 0.3) is 0 Å². The van der Waals surface area contributed by atoms with Gasteiger partial charge in [0.15, 0.2) is 0 Å². The van der Waals surface area contributed by atoms with Crippen molar-refractivity contribution in [3.63, 3.8) is 0 Å². The van der Waals surface area contributed by atoms with Crippen LogP contribution >= 0.6 is 0 Å². The fraction of sp³-hybridized carbons (Fsp3) is 0.474. The SMILES string of the molecule is CNc1ncnc2c1ccn2C(C)(C)CN(C)c1ccn(C(C)C)c(=O)n1. The van der Waals surface area contributed by atoms with Crippen LogP contribution in [0.1, 0.15) is 33.7 Å². The van der Waals surface area contributed by atoms with Crippen LogP contribution in [0.5, 0.6) is 0 Å². The zero-order valence-corrected chi connectivity index (χ0v) is 16.8. The molecule has 0 radical (unpaired) electrons. The lowest BCUT2D eigenvalue weighted by molar-refractivity contribution is 0.369. The standard InChI is InChI=1S/C19H27N7O/c1-13(2)25-9-8-15(23-18(25)27)24(6)11-19(3,4)26-10-7-14-16(20-5)21-12-22-17(14)26/h7-10,12-13H,11H2,1-6H3,(H,20,21,22). The summed E-state index contributed by atoms with van der Waals surface area (Å²) < 4.78 is 3.76. The Hall–Kier alpha value is -2.90. The van der Waals surface area contributed by atoms with Gasteiger partial charge in [0.2, 0.25) is 0 Å². The monoisotopic (exact) mass is 369 g/mol. The quantitative estimate of drug-likeness (QED) is 0.719. The highest BCUT2D eigenvalue weighted by atomic mass is 16.1. The summed E-state index contributed by atoms with van der Waals surface area (Å²) in [6.45, 7) is 8.87. The summed E-state index contributed by atoms with van der Waals surface area (Å²) in [6, 6.07) is 3.99. The largest absolute Gasteiger partial charge is 0.372 e. The highest BCUT2D eigenvalue weighted by Crippen LogP contribution is 2.27. The molecular weight excluding hydrogens is 342 g/mol. The van der Waals surface area contributed by atoms with Gasteiger partial charge in [-0.25, -0.2) is 14.8 Å². The molecule has 8 nitrogen and oxygen atoms in total. The maximum absolute atomic E-state index is 12.2. The van der Waals surface area contributed by atoms with E-state index in [9.17, 15) is 4.79 Å². The molecule has 1 N–H and O–H groups in total. The lowest BCUT2D eigenvalue weighted by Gasteiger charge is -2.33. The second-order valence-electron chi connectivity index (χ2n) is 7.63. The van der Waals surface area contributed by atoms with E-state index in [1.54, 1.807) is 17.1 Å². The number of rotatable bonds is 6. The topological polar surface area (TPSA) is 80.9 Å². The summed E-state index contributed by atoms with van der Waals surface area (Å²) in [7, 11) is 3.80. The van der Waals surface area contributed by atoms with E-state index in [0.717, 1.165) is 16.9 Å². The van der Waals surface area contributed by atoms with Crippen molar-refractivity contribution in [2.75, 3.05) is 30.9 Å². The van der Waals surface area contributed by atoms with Crippen molar-refractivity contribution in [1.82, 2.24) is 24.1 Å². The Morgan fingerprint density at radius 1 is 1.22 bits per heavy atom. The van der Waals surface area contributed by atoms with Crippen LogP contribution < -0.4 is 15.9 Å². The Kier molecular flexibility index (Phi) is 4.91. The molecule has 0 atom stereocenters. The van der Waals surface area contributed by atoms with Crippen molar-refractivity contribution in [3.8, 4) is 0 Å². The van der Waals surface area contributed by atoms with Gasteiger partial charge in [0, 0.05) is 39.1 Å². The molecule has 0 bridgehead atoms. The number of likely N-dealkylation sites (N-methyl/N-ethyl adjacent to an activating group) is 1. The average molecular weight is 369 g/mol. The molecule has 144 valence electrons. The van der Waals surface area contributed by atoms with Gasteiger partial charge in [0.1, 0.15) is 23.6 Å². The fourth-order valence-electron chi connectivity index (χ4n) is 3.39. The van der Waals surface area contributed by atoms with Crippen molar-refractivity contribution < 1.29 is 0 Å². The van der Waals surface area contributed by atoms with Gasteiger partial charge >= 0.3 is 5.69 Å². The second-order valence-corrected chi connectivity index (χ2v) is 7.63. The number of aromatic nitrogens is 5. The molecule has 3 heterocycles. The van der Waals surface area contributed by atoms with Crippen molar-refractivity contribution in [1.29, 1.82) is 0 Å². The molecule has 0 unspecified atom stereocenters. The first-order valence-corrected chi connectivity index (χ1v) is 9.05. The van der Waals surface area contributed by atoms with Gasteiger partial charge in [-0.3, -0.25) is 4.57 Å². The number of nitrogens with one attached hydrogen (secondary N) is 1. The van der Waals surface area contributed by atoms with E-state index in [1.807, 2.05) is 51.2 Å². The molecule has 0 fully saturated rings. The van der Waals surface area contributed by atoms with Crippen LogP contribution in [0.15, 0.2) is 35.6 Å². The highest BCUT2D eigenvalue weighted by Gasteiger charge is 2.25. The van der Waals surface area contributed by atoms with Gasteiger partial charge in [-0.2, -0.15) is 4.98 Å². The van der Waals surface area contributed by atoms with Gasteiger partial charge < -0.3 is 14.8 Å². The lowest BCUT2D eigenvalue weighted by atomic mass is 10.0. The normalized spacial score (nSPS) is 12.0. The minimum absolute atomic E-state index is 0.0908. The molecule has 0 aliphatic rings. The number of hydrogen-bond donors (Lipinski definition) is 1. The molecule has 0 amide bonds. The average Bonchev–Trinajstić information content (AvgIpc) is 3.06. The van der Waals surface area contributed by atoms with E-state index in [0.29, 0.717) is 12.4 Å². The van der Waals surface area contributed by atoms with E-state index in [2.05, 4.69) is 38.7 Å². The fourth-order valence-corrected chi connectivity index (χ4v) is 3.39. The molecule has 0 aliphatic heterocycles. The third-order valence-electron chi connectivity index (χ3n) is 4.76. The molecule has 3 aromatic rings. The Balaban J connectivity index is 1.90. The van der Waals surface area contributed by atoms with Gasteiger partial charge in [-0.05, 0) is 39.8 Å². The molecule has 3 rings (SSSR count). The van der Waals surface area contributed by atoms with Crippen LogP contribution in [0.2, 0.25) is 0 Å². The Bertz CT molecular complexity index is 1000. The predicted molar refractivity (Wildman–Crippen MR) is 109 cm³/mol. The summed E-state index contributed by atoms with van der Waals surface area (Å²) in [5, 5.41) is 4.08. The second kappa shape index (κ2) is 7.02. The van der Waals surface area contributed by atoms with E-state index < -0.39 is 0 Å². The van der Waals surface area contributed by atoms with E-state index >= 15 is 0 Å². The highest BCUT2D eigenvalue weighted by molar-refractivity contribution is 5.87. The zero-order valence-electron chi connectivity index (χ0n) is 16.8. The summed E-state index contributed by atoms with van der Waals surface area (Å²) in [5.74, 6) is 1.47. The van der Waals surface area contributed by atoms with Gasteiger partial charge in [-0.15, -0.1) is 0 Å². The van der Waals surface area contributed by atoms with Gasteiger partial charge in [0.05, 0.1) is 10.9 Å². The van der Waals surface area contributed by atoms with E-state index in [-0.39, 0.29) is 17.3 Å². The Labute approximate surface area is 158 Å². The smallest absolute Gasteiger partial charge is 0.349 e. The van der Waals surface area contributed by atoms with Crippen LogP contribution in [0, 0.1) is 0 Å². The zero-order chi connectivity index (χ0) is 19.8. The van der Waals surface area contributed by atoms with E-state index in [4.69, 9.17) is 0 Å². The van der Waals surface area contributed by atoms with Gasteiger partial charge in [-0.1, -0.05) is 0 Å². The van der Waals surface area contributed by atoms with E-state index in [1.165, 1.54) is 0 Å². The molecule has 0 aromatic carbocycles. The molecule has 0 aliphatic carbocycles. The molecule has 0 saturated carbocycles. The summed E-state index contributed by atoms with van der Waals surface area (Å²) in [5.41, 5.74) is 0.366. The number of fused-ring (bicyclic) bond motifs is 1. The number of hydrogen-bond acceptors (Lipinski definition) is 6. The lowest BCUT2D eigenvalue weighted by Crippen LogP contribution is -2.40. The molecule has 0 spiro atoms. The third-order valence-corrected chi connectivity index (χ3v) is 4.76. The maximum atomic E-state index is 12.2. The maximum Gasteiger partial charge on any atom is 0.349 e. The van der Waals surface area contributed by atoms with Crippen molar-refractivity contribution in [2.45, 2.75) is 39.3 Å². The Morgan fingerprint density at radius 2 is 1.96 bits per heavy atom. The summed E-state index contributed by atoms with van der Waals surface area (Å²) >= 11 is 0. The third kappa shape index (κ3) is 3.51. The van der Waals surface area contributed by atoms with Crippen LogP contribution in [-0.4, -0.2) is 44.7 Å². The summed E-state index contributed by atoms with van der Waals surface area (Å²) in [6.07, 6.45) is 5.39. The van der Waals surface area contributed by atoms with Crippen molar-refractivity contribution >= 4 is 22.7 Å². The minimum Gasteiger partial charge on any atom is -0.372 e. The molecule has 8 heteroatoms. The molecule has 27 heavy (non-hydrogen) atoms. The molecule has 0 saturated heterocycles. The predicted octanol–water partition coefficient (Wildman–Crippen LogP) is 2.48. The molecular formula is C19H27N7O. The molecule has 3 aromatic heterocycles. The Morgan fingerprint density at radius 3 is 2.59 bits per heavy atom. The van der Waals surface area contributed by atoms with Crippen molar-refractivity contribution in [3.05, 3.63) is 41.3 Å². The van der Waals surface area contributed by atoms with Crippen LogP contribution in [-0.2, 0) is 5.54 Å². The minimum atomic E-state index is -0.273. The van der Waals surface area contributed by atoms with Crippen LogP contribution in [0.4, 0.5) is 11.6 Å². The summed E-state index contributed by atoms with van der Waals surface area (Å²) in [4.78, 5) is 27.2. The van der Waals surface area contributed by atoms with Crippen molar-refractivity contribution in [2.24, 2.45) is 0 Å². The first-order chi connectivity index (χ1) is 12.7.